The van der Waals surface area contributed by atoms with Crippen molar-refractivity contribution in [1.82, 2.24) is 15.0 Å². The third-order valence-corrected chi connectivity index (χ3v) is 2.43. The van der Waals surface area contributed by atoms with Crippen LogP contribution in [0.1, 0.15) is 11.6 Å². The molecular weight excluding hydrogens is 246 g/mol. The van der Waals surface area contributed by atoms with Crippen LogP contribution in [0, 0.1) is 6.92 Å². The summed E-state index contributed by atoms with van der Waals surface area (Å²) in [6.45, 7) is 1.71. The number of rotatable bonds is 4. The van der Waals surface area contributed by atoms with Gasteiger partial charge in [-0.1, -0.05) is 12.1 Å². The average molecular weight is 259 g/mol. The van der Waals surface area contributed by atoms with Gasteiger partial charge in [0.2, 0.25) is 0 Å². The first-order chi connectivity index (χ1) is 9.08. The molecule has 0 radical (unpaired) electrons. The summed E-state index contributed by atoms with van der Waals surface area (Å²) in [5.41, 5.74) is 0.761. The molecule has 6 heteroatoms. The first-order valence-electron chi connectivity index (χ1n) is 5.66. The Morgan fingerprint density at radius 1 is 1.32 bits per heavy atom. The molecule has 1 aromatic heterocycles. The summed E-state index contributed by atoms with van der Waals surface area (Å²) in [6.07, 6.45) is -0.222. The maximum atomic E-state index is 10.7. The number of carboxylic acid groups (broad SMARTS) is 1. The number of hydrogen-bond acceptors (Lipinski definition) is 5. The fourth-order valence-corrected chi connectivity index (χ4v) is 1.64. The van der Waals surface area contributed by atoms with Crippen LogP contribution in [0.2, 0.25) is 0 Å². The minimum Gasteiger partial charge on any atom is -0.497 e. The molecule has 0 atom stereocenters. The Morgan fingerprint density at radius 2 is 2.11 bits per heavy atom. The van der Waals surface area contributed by atoms with Crippen molar-refractivity contribution in [2.75, 3.05) is 7.11 Å². The summed E-state index contributed by atoms with van der Waals surface area (Å²) in [5.74, 6) is 0.905. The maximum Gasteiger partial charge on any atom is 0.311 e. The number of aryl methyl sites for hydroxylation is 1. The zero-order valence-electron chi connectivity index (χ0n) is 10.6. The molecule has 0 bridgehead atoms. The highest BCUT2D eigenvalue weighted by molar-refractivity contribution is 5.69. The molecule has 0 unspecified atom stereocenters. The first kappa shape index (κ1) is 12.9. The second-order valence-corrected chi connectivity index (χ2v) is 3.92. The highest BCUT2D eigenvalue weighted by Gasteiger charge is 2.09. The van der Waals surface area contributed by atoms with Crippen LogP contribution < -0.4 is 4.74 Å². The Hall–Kier alpha value is -2.50. The molecule has 0 saturated carbocycles. The van der Waals surface area contributed by atoms with E-state index in [-0.39, 0.29) is 12.2 Å². The largest absolute Gasteiger partial charge is 0.497 e. The number of nitrogens with zero attached hydrogens (tertiary/aromatic N) is 3. The Balaban J connectivity index is 2.43. The molecule has 2 aromatic rings. The fourth-order valence-electron chi connectivity index (χ4n) is 1.64. The molecular formula is C13H13N3O3. The number of hydrogen-bond donors (Lipinski definition) is 1. The Bertz CT molecular complexity index is 614. The lowest BCUT2D eigenvalue weighted by Crippen LogP contribution is -2.08. The molecule has 0 spiro atoms. The summed E-state index contributed by atoms with van der Waals surface area (Å²) in [7, 11) is 1.58. The van der Waals surface area contributed by atoms with E-state index in [1.807, 2.05) is 18.2 Å². The Labute approximate surface area is 110 Å². The zero-order valence-corrected chi connectivity index (χ0v) is 10.6. The molecule has 98 valence electrons. The Kier molecular flexibility index (Phi) is 3.70. The molecule has 0 saturated heterocycles. The predicted molar refractivity (Wildman–Crippen MR) is 67.9 cm³/mol. The summed E-state index contributed by atoms with van der Waals surface area (Å²) in [4.78, 5) is 23.1. The van der Waals surface area contributed by atoms with Crippen LogP contribution in [-0.4, -0.2) is 33.1 Å². The average Bonchev–Trinajstić information content (AvgIpc) is 2.37. The Morgan fingerprint density at radius 3 is 2.79 bits per heavy atom. The van der Waals surface area contributed by atoms with Gasteiger partial charge in [-0.25, -0.2) is 15.0 Å². The van der Waals surface area contributed by atoms with E-state index in [2.05, 4.69) is 15.0 Å². The highest BCUT2D eigenvalue weighted by Crippen LogP contribution is 2.20. The van der Waals surface area contributed by atoms with Gasteiger partial charge in [-0.05, 0) is 19.1 Å². The lowest BCUT2D eigenvalue weighted by atomic mass is 10.2. The van der Waals surface area contributed by atoms with Gasteiger partial charge in [0.15, 0.2) is 5.82 Å². The van der Waals surface area contributed by atoms with Gasteiger partial charge in [0.25, 0.3) is 0 Å². The minimum absolute atomic E-state index is 0.222. The normalized spacial score (nSPS) is 10.2. The van der Waals surface area contributed by atoms with E-state index in [4.69, 9.17) is 9.84 Å². The van der Waals surface area contributed by atoms with E-state index >= 15 is 0 Å². The molecule has 0 amide bonds. The van der Waals surface area contributed by atoms with Crippen molar-refractivity contribution in [2.45, 2.75) is 13.3 Å². The fraction of sp³-hybridized carbons (Fsp3) is 0.231. The molecule has 1 heterocycles. The van der Waals surface area contributed by atoms with Gasteiger partial charge in [0.05, 0.1) is 7.11 Å². The number of carbonyl (C=O) groups is 1. The van der Waals surface area contributed by atoms with Crippen LogP contribution in [-0.2, 0) is 11.2 Å². The van der Waals surface area contributed by atoms with Crippen molar-refractivity contribution in [1.29, 1.82) is 0 Å². The van der Waals surface area contributed by atoms with Crippen LogP contribution in [0.4, 0.5) is 0 Å². The quantitative estimate of drug-likeness (QED) is 0.895. The van der Waals surface area contributed by atoms with Crippen molar-refractivity contribution in [3.63, 3.8) is 0 Å². The van der Waals surface area contributed by atoms with Gasteiger partial charge in [-0.3, -0.25) is 4.79 Å². The molecule has 0 aliphatic rings. The van der Waals surface area contributed by atoms with Gasteiger partial charge in [-0.15, -0.1) is 0 Å². The van der Waals surface area contributed by atoms with E-state index in [9.17, 15) is 4.79 Å². The van der Waals surface area contributed by atoms with E-state index in [1.165, 1.54) is 0 Å². The number of aromatic nitrogens is 3. The minimum atomic E-state index is -0.970. The van der Waals surface area contributed by atoms with E-state index in [0.29, 0.717) is 17.4 Å². The van der Waals surface area contributed by atoms with Gasteiger partial charge in [0, 0.05) is 5.56 Å². The van der Waals surface area contributed by atoms with Crippen molar-refractivity contribution >= 4 is 5.97 Å². The van der Waals surface area contributed by atoms with Gasteiger partial charge in [0.1, 0.15) is 23.8 Å². The molecule has 0 aliphatic heterocycles. The van der Waals surface area contributed by atoms with Crippen LogP contribution in [0.5, 0.6) is 5.75 Å². The topological polar surface area (TPSA) is 85.2 Å². The second kappa shape index (κ2) is 5.43. The second-order valence-electron chi connectivity index (χ2n) is 3.92. The smallest absolute Gasteiger partial charge is 0.311 e. The van der Waals surface area contributed by atoms with E-state index < -0.39 is 5.97 Å². The first-order valence-corrected chi connectivity index (χ1v) is 5.66. The molecule has 1 N–H and O–H groups in total. The molecule has 2 rings (SSSR count). The van der Waals surface area contributed by atoms with E-state index in [0.717, 1.165) is 5.56 Å². The lowest BCUT2D eigenvalue weighted by Gasteiger charge is -2.05. The molecule has 19 heavy (non-hydrogen) atoms. The zero-order chi connectivity index (χ0) is 13.8. The summed E-state index contributed by atoms with van der Waals surface area (Å²) in [5, 5.41) is 8.78. The molecule has 1 aromatic carbocycles. The van der Waals surface area contributed by atoms with Gasteiger partial charge >= 0.3 is 5.97 Å². The summed E-state index contributed by atoms with van der Waals surface area (Å²) >= 11 is 0. The monoisotopic (exact) mass is 259 g/mol. The lowest BCUT2D eigenvalue weighted by molar-refractivity contribution is -0.136. The predicted octanol–water partition coefficient (Wildman–Crippen LogP) is 1.48. The van der Waals surface area contributed by atoms with Crippen LogP contribution in [0.3, 0.4) is 0 Å². The van der Waals surface area contributed by atoms with Crippen LogP contribution in [0.15, 0.2) is 24.3 Å². The number of ether oxygens (including phenoxy) is 1. The summed E-state index contributed by atoms with van der Waals surface area (Å²) in [6, 6.07) is 7.26. The number of methoxy groups -OCH3 is 1. The van der Waals surface area contributed by atoms with Gasteiger partial charge in [-0.2, -0.15) is 0 Å². The van der Waals surface area contributed by atoms with E-state index in [1.54, 1.807) is 20.1 Å². The van der Waals surface area contributed by atoms with Gasteiger partial charge < -0.3 is 9.84 Å². The number of benzene rings is 1. The van der Waals surface area contributed by atoms with Crippen LogP contribution in [0.25, 0.3) is 11.4 Å². The standard InChI is InChI=1S/C13H13N3O3/c1-8-14-11(7-12(17)18)16-13(15-8)9-4-3-5-10(6-9)19-2/h3-6H,7H2,1-2H3,(H,17,18). The van der Waals surface area contributed by atoms with Crippen molar-refractivity contribution in [2.24, 2.45) is 0 Å². The number of aliphatic carboxylic acids is 1. The molecule has 6 nitrogen and oxygen atoms in total. The molecule has 0 fully saturated rings. The highest BCUT2D eigenvalue weighted by atomic mass is 16.5. The van der Waals surface area contributed by atoms with Crippen molar-refractivity contribution < 1.29 is 14.6 Å². The van der Waals surface area contributed by atoms with Crippen molar-refractivity contribution in [3.8, 4) is 17.1 Å². The third kappa shape index (κ3) is 3.25. The van der Waals surface area contributed by atoms with Crippen LogP contribution >= 0.6 is 0 Å². The van der Waals surface area contributed by atoms with Crippen molar-refractivity contribution in [3.05, 3.63) is 35.9 Å². The number of carboxylic acids is 1. The third-order valence-electron chi connectivity index (χ3n) is 2.43. The molecule has 0 aliphatic carbocycles. The maximum absolute atomic E-state index is 10.7. The SMILES string of the molecule is COc1cccc(-c2nc(C)nc(CC(=O)O)n2)c1. The summed E-state index contributed by atoms with van der Waals surface area (Å²) < 4.78 is 5.14.